The maximum Gasteiger partial charge on any atom is 0.472 e. The van der Waals surface area contributed by atoms with Crippen LogP contribution in [0.3, 0.4) is 0 Å². The Balaban J connectivity index is 1.28. The maximum absolute atomic E-state index is 13.3. The highest BCUT2D eigenvalue weighted by Crippen LogP contribution is 2.55. The van der Waals surface area contributed by atoms with E-state index in [1.165, 1.54) is 23.5 Å². The Kier molecular flexibility index (Phi) is 7.66. The molecule has 3 aromatic rings. The van der Waals surface area contributed by atoms with Gasteiger partial charge >= 0.3 is 15.6 Å². The molecule has 1 saturated carbocycles. The Hall–Kier alpha value is -2.86. The molecular weight excluding hydrogens is 600 g/mol. The second-order valence-corrected chi connectivity index (χ2v) is 13.2. The molecule has 2 saturated heterocycles. The number of hydrogen-bond donors (Lipinski definition) is 4. The average Bonchev–Trinajstić information content (AvgIpc) is 3.62. The highest BCUT2D eigenvalue weighted by molar-refractivity contribution is 7.47. The number of fused-ring (bicyclic) bond motifs is 4. The number of phosphoric ester groups is 2. The summed E-state index contributed by atoms with van der Waals surface area (Å²) in [4.78, 5) is 58.1. The molecule has 3 fully saturated rings. The zero-order chi connectivity index (χ0) is 29.8. The molecule has 42 heavy (non-hydrogen) atoms. The first-order chi connectivity index (χ1) is 19.9. The predicted octanol–water partition coefficient (Wildman–Crippen LogP) is 0.353. The van der Waals surface area contributed by atoms with Gasteiger partial charge in [-0.15, -0.1) is 0 Å². The third-order valence-corrected chi connectivity index (χ3v) is 9.75. The molecular formula is C21H29N9O10P2. The largest absolute Gasteiger partial charge is 0.472 e. The normalized spacial score (nSPS) is 37.5. The van der Waals surface area contributed by atoms with Crippen LogP contribution in [0.15, 0.2) is 23.8 Å². The molecule has 6 rings (SSSR count). The lowest BCUT2D eigenvalue weighted by atomic mass is 10.0. The molecule has 1 aliphatic carbocycles. The number of nitrogens with two attached hydrogens (primary N) is 1. The van der Waals surface area contributed by atoms with Crippen LogP contribution in [0.5, 0.6) is 0 Å². The number of hydrogen-bond acceptors (Lipinski definition) is 15. The second-order valence-electron chi connectivity index (χ2n) is 10.4. The highest BCUT2D eigenvalue weighted by atomic mass is 31.2. The standard InChI is InChI=1S/C21H29N9O10P2/c1-10-14-6-37-41(32,33)39-13-4-12(29(2)21-24-7-23-8-25-21)3-11(13)5-36-42(34,35)40-16(10)19(38-14)30-9-26-15-17(30)27-20(22)28-18(15)31/h7-14,16,19H,3-6H2,1-2H3,(H,32,33)(H,34,35)(H3,22,27,28,31)/t10-,11-,12-,13+,14-,16-,19-/m1/s1. The molecule has 19 nitrogen and oxygen atoms in total. The molecule has 3 aliphatic rings. The minimum Gasteiger partial charge on any atom is -0.369 e. The van der Waals surface area contributed by atoms with E-state index in [4.69, 9.17) is 28.6 Å². The van der Waals surface area contributed by atoms with Gasteiger partial charge in [-0.3, -0.25) is 32.4 Å². The van der Waals surface area contributed by atoms with Crippen molar-refractivity contribution in [1.82, 2.24) is 34.5 Å². The Morgan fingerprint density at radius 3 is 2.55 bits per heavy atom. The topological polar surface area (TPSA) is 252 Å². The van der Waals surface area contributed by atoms with Gasteiger partial charge in [-0.2, -0.15) is 4.98 Å². The van der Waals surface area contributed by atoms with Crippen molar-refractivity contribution in [2.75, 3.05) is 30.9 Å². The van der Waals surface area contributed by atoms with Crippen LogP contribution in [0.4, 0.5) is 11.9 Å². The molecule has 0 spiro atoms. The van der Waals surface area contributed by atoms with Crippen molar-refractivity contribution in [3.05, 3.63) is 29.3 Å². The Bertz CT molecular complexity index is 1610. The first-order valence-electron chi connectivity index (χ1n) is 12.9. The summed E-state index contributed by atoms with van der Waals surface area (Å²) >= 11 is 0. The number of aromatic amines is 1. The first kappa shape index (κ1) is 29.2. The fourth-order valence-electron chi connectivity index (χ4n) is 5.54. The number of imidazole rings is 1. The molecule has 2 bridgehead atoms. The smallest absolute Gasteiger partial charge is 0.369 e. The summed E-state index contributed by atoms with van der Waals surface area (Å²) in [5.74, 6) is -1.07. The van der Waals surface area contributed by atoms with Gasteiger partial charge < -0.3 is 25.2 Å². The lowest BCUT2D eigenvalue weighted by Crippen LogP contribution is -2.31. The minimum atomic E-state index is -4.74. The Labute approximate surface area is 237 Å². The molecule has 21 heteroatoms. The minimum absolute atomic E-state index is 0.0386. The van der Waals surface area contributed by atoms with Gasteiger partial charge in [0.25, 0.3) is 5.56 Å². The van der Waals surface area contributed by atoms with Crippen molar-refractivity contribution in [1.29, 1.82) is 0 Å². The number of nitrogen functional groups attached to an aromatic ring is 1. The quantitative estimate of drug-likeness (QED) is 0.285. The zero-order valence-corrected chi connectivity index (χ0v) is 24.2. The van der Waals surface area contributed by atoms with Crippen LogP contribution < -0.4 is 16.2 Å². The number of phosphoric acid groups is 2. The monoisotopic (exact) mass is 629 g/mol. The van der Waals surface area contributed by atoms with Gasteiger partial charge in [0.15, 0.2) is 17.4 Å². The summed E-state index contributed by atoms with van der Waals surface area (Å²) in [6.07, 6.45) is 0.449. The van der Waals surface area contributed by atoms with Crippen molar-refractivity contribution < 1.29 is 41.7 Å². The van der Waals surface area contributed by atoms with Crippen LogP contribution in [-0.2, 0) is 32.0 Å². The van der Waals surface area contributed by atoms with Crippen LogP contribution in [0.25, 0.3) is 11.2 Å². The third kappa shape index (κ3) is 5.71. The molecule has 2 aliphatic heterocycles. The van der Waals surface area contributed by atoms with E-state index in [-0.39, 0.29) is 36.2 Å². The number of nitrogens with zero attached hydrogens (tertiary/aromatic N) is 7. The summed E-state index contributed by atoms with van der Waals surface area (Å²) in [6.45, 7) is 0.888. The summed E-state index contributed by atoms with van der Waals surface area (Å²) in [5, 5.41) is 0. The van der Waals surface area contributed by atoms with E-state index in [2.05, 4.69) is 29.9 Å². The van der Waals surface area contributed by atoms with E-state index < -0.39 is 64.2 Å². The number of aromatic nitrogens is 7. The molecule has 3 aromatic heterocycles. The van der Waals surface area contributed by atoms with Gasteiger partial charge in [0.05, 0.1) is 31.7 Å². The number of ether oxygens (including phenoxy) is 1. The summed E-state index contributed by atoms with van der Waals surface area (Å²) in [5.41, 5.74) is 5.11. The van der Waals surface area contributed by atoms with Crippen molar-refractivity contribution in [3.63, 3.8) is 0 Å². The molecule has 2 unspecified atom stereocenters. The van der Waals surface area contributed by atoms with E-state index in [9.17, 15) is 23.7 Å². The van der Waals surface area contributed by atoms with E-state index in [0.717, 1.165) is 0 Å². The number of rotatable bonds is 3. The molecule has 0 aromatic carbocycles. The third-order valence-electron chi connectivity index (χ3n) is 7.75. The molecule has 9 atom stereocenters. The molecule has 5 heterocycles. The van der Waals surface area contributed by atoms with Gasteiger partial charge in [0.1, 0.15) is 18.8 Å². The summed E-state index contributed by atoms with van der Waals surface area (Å²) in [7, 11) is -7.62. The fourth-order valence-corrected chi connectivity index (χ4v) is 7.59. The SMILES string of the molecule is C[C@H]1[C@H]2OP(=O)(O)OC[C@H]3C[C@@H](N(C)c4ncncn4)C[C@@H]3OP(=O)(O)OC[C@H]1O[C@H]2n1cnc2c(=O)[nH]c(N)nc21. The predicted molar refractivity (Wildman–Crippen MR) is 142 cm³/mol. The molecule has 228 valence electrons. The number of nitrogens with one attached hydrogen (secondary N) is 1. The van der Waals surface area contributed by atoms with E-state index >= 15 is 0 Å². The van der Waals surface area contributed by atoms with Gasteiger partial charge in [-0.05, 0) is 12.8 Å². The molecule has 0 radical (unpaired) electrons. The average molecular weight is 629 g/mol. The fraction of sp³-hybridized carbons (Fsp3) is 0.619. The summed E-state index contributed by atoms with van der Waals surface area (Å²) in [6, 6.07) is -0.264. The van der Waals surface area contributed by atoms with Gasteiger partial charge in [-0.1, -0.05) is 6.92 Å². The van der Waals surface area contributed by atoms with Gasteiger partial charge in [-0.25, -0.2) is 29.1 Å². The molecule has 0 amide bonds. The Morgan fingerprint density at radius 1 is 1.07 bits per heavy atom. The summed E-state index contributed by atoms with van der Waals surface area (Å²) < 4.78 is 55.7. The zero-order valence-electron chi connectivity index (χ0n) is 22.4. The second kappa shape index (κ2) is 11.0. The van der Waals surface area contributed by atoms with Gasteiger partial charge in [0, 0.05) is 24.9 Å². The van der Waals surface area contributed by atoms with Gasteiger partial charge in [0.2, 0.25) is 11.9 Å². The van der Waals surface area contributed by atoms with Crippen molar-refractivity contribution in [2.45, 2.75) is 50.3 Å². The van der Waals surface area contributed by atoms with Crippen molar-refractivity contribution >= 4 is 38.7 Å². The maximum atomic E-state index is 13.3. The van der Waals surface area contributed by atoms with Crippen LogP contribution >= 0.6 is 15.6 Å². The molecule has 5 N–H and O–H groups in total. The van der Waals surface area contributed by atoms with E-state index in [1.54, 1.807) is 18.9 Å². The van der Waals surface area contributed by atoms with Crippen molar-refractivity contribution in [3.8, 4) is 0 Å². The number of anilines is 2. The first-order valence-corrected chi connectivity index (χ1v) is 15.9. The Morgan fingerprint density at radius 2 is 1.79 bits per heavy atom. The number of H-pyrrole nitrogens is 1. The lowest BCUT2D eigenvalue weighted by Gasteiger charge is -2.26. The van der Waals surface area contributed by atoms with Crippen LogP contribution in [-0.4, -0.2) is 88.9 Å². The highest BCUT2D eigenvalue weighted by Gasteiger charge is 2.50. The van der Waals surface area contributed by atoms with E-state index in [0.29, 0.717) is 12.4 Å². The van der Waals surface area contributed by atoms with E-state index in [1.807, 2.05) is 0 Å². The van der Waals surface area contributed by atoms with Crippen molar-refractivity contribution in [2.24, 2.45) is 11.8 Å². The van der Waals surface area contributed by atoms with Crippen LogP contribution in [0, 0.1) is 11.8 Å². The lowest BCUT2D eigenvalue weighted by molar-refractivity contribution is -0.0547. The van der Waals surface area contributed by atoms with Crippen LogP contribution in [0.1, 0.15) is 26.0 Å². The van der Waals surface area contributed by atoms with Crippen LogP contribution in [0.2, 0.25) is 0 Å².